The van der Waals surface area contributed by atoms with Crippen LogP contribution < -0.4 is 4.72 Å². The molecule has 0 atom stereocenters. The van der Waals surface area contributed by atoms with Gasteiger partial charge in [0.15, 0.2) is 0 Å². The van der Waals surface area contributed by atoms with Crippen LogP contribution in [0.2, 0.25) is 0 Å². The van der Waals surface area contributed by atoms with E-state index in [2.05, 4.69) is 15.0 Å². The topological polar surface area (TPSA) is 97.1 Å². The Kier molecular flexibility index (Phi) is 4.30. The quantitative estimate of drug-likeness (QED) is 0.790. The van der Waals surface area contributed by atoms with Gasteiger partial charge in [0.1, 0.15) is 0 Å². The fraction of sp³-hybridized carbons (Fsp3) is 0.400. The van der Waals surface area contributed by atoms with E-state index in [1.54, 1.807) is 17.8 Å². The monoisotopic (exact) mass is 302 g/mol. The lowest BCUT2D eigenvalue weighted by molar-refractivity contribution is 0.285. The van der Waals surface area contributed by atoms with Crippen molar-refractivity contribution < 1.29 is 13.5 Å². The van der Waals surface area contributed by atoms with Crippen molar-refractivity contribution in [2.24, 2.45) is 0 Å². The number of sulfonamides is 1. The molecule has 0 aliphatic rings. The van der Waals surface area contributed by atoms with Crippen LogP contribution in [0.3, 0.4) is 0 Å². The van der Waals surface area contributed by atoms with Gasteiger partial charge in [0.05, 0.1) is 24.2 Å². The molecular formula is C10H14N4O3S2. The van der Waals surface area contributed by atoms with Crippen LogP contribution in [0.1, 0.15) is 9.75 Å². The van der Waals surface area contributed by atoms with Gasteiger partial charge >= 0.3 is 0 Å². The molecule has 2 aromatic rings. The molecule has 0 saturated carbocycles. The van der Waals surface area contributed by atoms with Gasteiger partial charge < -0.3 is 5.11 Å². The van der Waals surface area contributed by atoms with Gasteiger partial charge in [-0.15, -0.1) is 16.4 Å². The van der Waals surface area contributed by atoms with Crippen LogP contribution in [0.5, 0.6) is 0 Å². The zero-order valence-electron chi connectivity index (χ0n) is 10.3. The Labute approximate surface area is 114 Å². The van der Waals surface area contributed by atoms with Gasteiger partial charge in [0.2, 0.25) is 10.0 Å². The van der Waals surface area contributed by atoms with Crippen LogP contribution in [0, 0.1) is 6.92 Å². The Morgan fingerprint density at radius 2 is 2.32 bits per heavy atom. The van der Waals surface area contributed by atoms with E-state index < -0.39 is 10.0 Å². The van der Waals surface area contributed by atoms with Gasteiger partial charge in [0.25, 0.3) is 0 Å². The average molecular weight is 302 g/mol. The molecule has 0 fully saturated rings. The summed E-state index contributed by atoms with van der Waals surface area (Å²) in [6.45, 7) is 2.21. The third-order valence-electron chi connectivity index (χ3n) is 2.47. The number of thiophene rings is 1. The predicted octanol–water partition coefficient (Wildman–Crippen LogP) is 0.119. The molecule has 0 bridgehead atoms. The second kappa shape index (κ2) is 5.78. The van der Waals surface area contributed by atoms with Gasteiger partial charge in [-0.05, 0) is 13.0 Å². The van der Waals surface area contributed by atoms with E-state index >= 15 is 0 Å². The zero-order chi connectivity index (χ0) is 13.9. The van der Waals surface area contributed by atoms with E-state index in [1.807, 2.05) is 0 Å². The molecule has 0 spiro atoms. The van der Waals surface area contributed by atoms with Crippen LogP contribution in [0.25, 0.3) is 0 Å². The molecular weight excluding hydrogens is 288 g/mol. The lowest BCUT2D eigenvalue weighted by Crippen LogP contribution is -2.27. The lowest BCUT2D eigenvalue weighted by Gasteiger charge is -2.05. The molecule has 0 amide bonds. The van der Waals surface area contributed by atoms with Crippen molar-refractivity contribution in [2.45, 2.75) is 25.0 Å². The summed E-state index contributed by atoms with van der Waals surface area (Å²) >= 11 is 1.28. The zero-order valence-corrected chi connectivity index (χ0v) is 11.9. The molecule has 104 valence electrons. The van der Waals surface area contributed by atoms with E-state index in [1.165, 1.54) is 23.6 Å². The first kappa shape index (κ1) is 14.1. The second-order valence-electron chi connectivity index (χ2n) is 3.86. The van der Waals surface area contributed by atoms with Crippen LogP contribution in [0.4, 0.5) is 0 Å². The summed E-state index contributed by atoms with van der Waals surface area (Å²) in [6.07, 6.45) is 3.19. The third-order valence-corrected chi connectivity index (χ3v) is 5.23. The molecule has 2 N–H and O–H groups in total. The standard InChI is InChI=1S/C10H14N4O3S2/c1-8-10(6-9(7-15)18-8)19(16,17)12-3-5-14-4-2-11-13-14/h2,4,6,12,15H,3,5,7H2,1H3. The minimum Gasteiger partial charge on any atom is -0.391 e. The molecule has 0 aromatic carbocycles. The molecule has 0 radical (unpaired) electrons. The van der Waals surface area contributed by atoms with Crippen molar-refractivity contribution in [1.29, 1.82) is 0 Å². The summed E-state index contributed by atoms with van der Waals surface area (Å²) in [5.41, 5.74) is 0. The number of hydrogen-bond acceptors (Lipinski definition) is 6. The number of aliphatic hydroxyl groups excluding tert-OH is 1. The summed E-state index contributed by atoms with van der Waals surface area (Å²) < 4.78 is 28.2. The summed E-state index contributed by atoms with van der Waals surface area (Å²) in [6, 6.07) is 1.50. The average Bonchev–Trinajstić information content (AvgIpc) is 2.98. The summed E-state index contributed by atoms with van der Waals surface area (Å²) in [4.78, 5) is 1.52. The Balaban J connectivity index is 2.03. The van der Waals surface area contributed by atoms with Gasteiger partial charge in [-0.2, -0.15) is 0 Å². The van der Waals surface area contributed by atoms with Gasteiger partial charge in [0, 0.05) is 22.5 Å². The summed E-state index contributed by atoms with van der Waals surface area (Å²) in [5, 5.41) is 16.4. The first-order valence-electron chi connectivity index (χ1n) is 5.57. The van der Waals surface area contributed by atoms with Crippen molar-refractivity contribution >= 4 is 21.4 Å². The highest BCUT2D eigenvalue weighted by Gasteiger charge is 2.19. The highest BCUT2D eigenvalue weighted by atomic mass is 32.2. The molecule has 0 unspecified atom stereocenters. The maximum absolute atomic E-state index is 12.1. The Hall–Kier alpha value is -1.29. The van der Waals surface area contributed by atoms with Crippen molar-refractivity contribution in [2.75, 3.05) is 6.54 Å². The molecule has 9 heteroatoms. The number of aliphatic hydroxyl groups is 1. The van der Waals surface area contributed by atoms with Crippen LogP contribution in [-0.4, -0.2) is 35.1 Å². The van der Waals surface area contributed by atoms with Crippen LogP contribution in [0.15, 0.2) is 23.4 Å². The number of hydrogen-bond donors (Lipinski definition) is 2. The molecule has 2 heterocycles. The molecule has 19 heavy (non-hydrogen) atoms. The van der Waals surface area contributed by atoms with E-state index in [-0.39, 0.29) is 18.0 Å². The number of nitrogens with one attached hydrogen (secondary N) is 1. The largest absolute Gasteiger partial charge is 0.391 e. The maximum Gasteiger partial charge on any atom is 0.241 e. The van der Waals surface area contributed by atoms with Crippen LogP contribution in [-0.2, 0) is 23.2 Å². The molecule has 0 aliphatic carbocycles. The van der Waals surface area contributed by atoms with Crippen molar-refractivity contribution in [3.05, 3.63) is 28.2 Å². The first-order chi connectivity index (χ1) is 9.03. The van der Waals surface area contributed by atoms with E-state index in [0.29, 0.717) is 16.3 Å². The lowest BCUT2D eigenvalue weighted by atomic mass is 10.4. The number of rotatable bonds is 6. The Morgan fingerprint density at radius 3 is 2.89 bits per heavy atom. The number of aromatic nitrogens is 3. The Bertz CT molecular complexity index is 634. The second-order valence-corrected chi connectivity index (χ2v) is 6.93. The van der Waals surface area contributed by atoms with E-state index in [0.717, 1.165) is 0 Å². The predicted molar refractivity (Wildman–Crippen MR) is 70.2 cm³/mol. The normalized spacial score (nSPS) is 11.9. The van der Waals surface area contributed by atoms with Gasteiger partial charge in [-0.25, -0.2) is 13.1 Å². The van der Waals surface area contributed by atoms with Gasteiger partial charge in [-0.3, -0.25) is 4.68 Å². The number of nitrogens with zero attached hydrogens (tertiary/aromatic N) is 3. The van der Waals surface area contributed by atoms with Crippen molar-refractivity contribution in [3.63, 3.8) is 0 Å². The van der Waals surface area contributed by atoms with Gasteiger partial charge in [-0.1, -0.05) is 5.21 Å². The molecule has 0 saturated heterocycles. The fourth-order valence-electron chi connectivity index (χ4n) is 1.59. The third kappa shape index (κ3) is 3.38. The Morgan fingerprint density at radius 1 is 1.53 bits per heavy atom. The number of aryl methyl sites for hydroxylation is 1. The van der Waals surface area contributed by atoms with E-state index in [4.69, 9.17) is 5.11 Å². The fourth-order valence-corrected chi connectivity index (χ4v) is 4.11. The van der Waals surface area contributed by atoms with Crippen LogP contribution >= 0.6 is 11.3 Å². The summed E-state index contributed by atoms with van der Waals surface area (Å²) in [5.74, 6) is 0. The minimum atomic E-state index is -3.55. The smallest absolute Gasteiger partial charge is 0.241 e. The molecule has 2 aromatic heterocycles. The maximum atomic E-state index is 12.1. The first-order valence-corrected chi connectivity index (χ1v) is 7.87. The summed E-state index contributed by atoms with van der Waals surface area (Å²) in [7, 11) is -3.55. The van der Waals surface area contributed by atoms with Crippen molar-refractivity contribution in [1.82, 2.24) is 19.7 Å². The molecule has 0 aliphatic heterocycles. The highest BCUT2D eigenvalue weighted by molar-refractivity contribution is 7.89. The van der Waals surface area contributed by atoms with Crippen molar-refractivity contribution in [3.8, 4) is 0 Å². The minimum absolute atomic E-state index is 0.153. The molecule has 2 rings (SSSR count). The molecule has 7 nitrogen and oxygen atoms in total. The highest BCUT2D eigenvalue weighted by Crippen LogP contribution is 2.25. The van der Waals surface area contributed by atoms with E-state index in [9.17, 15) is 8.42 Å². The SMILES string of the molecule is Cc1sc(CO)cc1S(=O)(=O)NCCn1ccnn1.